The summed E-state index contributed by atoms with van der Waals surface area (Å²) in [5.41, 5.74) is 1.50. The molecule has 1 N–H and O–H groups in total. The van der Waals surface area contributed by atoms with Gasteiger partial charge in [0.05, 0.1) is 18.2 Å². The molecule has 1 aromatic rings. The summed E-state index contributed by atoms with van der Waals surface area (Å²) in [5, 5.41) is 3.09. The number of rotatable bonds is 4. The summed E-state index contributed by atoms with van der Waals surface area (Å²) in [7, 11) is 1.82. The number of halogens is 1. The average Bonchev–Trinajstić information content (AvgIpc) is 2.22. The summed E-state index contributed by atoms with van der Waals surface area (Å²) in [6.07, 6.45) is 0. The molecule has 0 aromatic heterocycles. The first-order valence-electron chi connectivity index (χ1n) is 5.91. The Balaban J connectivity index is 2.82. The molecule has 96 valence electrons. The van der Waals surface area contributed by atoms with E-state index in [-0.39, 0.29) is 17.5 Å². The lowest BCUT2D eigenvalue weighted by atomic mass is 10.0. The fraction of sp³-hybridized carbons (Fsp3) is 0.571. The Hall–Kier alpha value is -0.930. The molecule has 1 rings (SSSR count). The van der Waals surface area contributed by atoms with Crippen molar-refractivity contribution in [2.45, 2.75) is 39.3 Å². The minimum atomic E-state index is -0.213. The normalized spacial score (nSPS) is 13.8. The number of nitrogens with one attached hydrogen (secondary N) is 1. The molecule has 0 radical (unpaired) electrons. The highest BCUT2D eigenvalue weighted by Crippen LogP contribution is 2.20. The standard InChI is InChI=1S/C14H22FNO/c1-10-6-7-12(15)11(8-10)13(16-5)9-17-14(2,3)4/h6-8,13,16H,9H2,1-5H3. The van der Waals surface area contributed by atoms with Crippen molar-refractivity contribution in [1.82, 2.24) is 5.32 Å². The largest absolute Gasteiger partial charge is 0.374 e. The van der Waals surface area contributed by atoms with Gasteiger partial charge in [0.1, 0.15) is 5.82 Å². The minimum absolute atomic E-state index is 0.117. The molecule has 0 fully saturated rings. The van der Waals surface area contributed by atoms with Crippen LogP contribution in [0.25, 0.3) is 0 Å². The van der Waals surface area contributed by atoms with Gasteiger partial charge in [0.15, 0.2) is 0 Å². The van der Waals surface area contributed by atoms with Crippen molar-refractivity contribution in [3.63, 3.8) is 0 Å². The third-order valence-corrected chi connectivity index (χ3v) is 2.56. The molecule has 17 heavy (non-hydrogen) atoms. The zero-order valence-corrected chi connectivity index (χ0v) is 11.3. The minimum Gasteiger partial charge on any atom is -0.374 e. The number of aryl methyl sites for hydroxylation is 1. The van der Waals surface area contributed by atoms with E-state index in [0.717, 1.165) is 5.56 Å². The van der Waals surface area contributed by atoms with Crippen molar-refractivity contribution >= 4 is 0 Å². The van der Waals surface area contributed by atoms with Gasteiger partial charge in [-0.25, -0.2) is 4.39 Å². The molecule has 0 spiro atoms. The smallest absolute Gasteiger partial charge is 0.128 e. The van der Waals surface area contributed by atoms with Crippen molar-refractivity contribution < 1.29 is 9.13 Å². The molecule has 0 saturated heterocycles. The van der Waals surface area contributed by atoms with Crippen LogP contribution in [-0.2, 0) is 4.74 Å². The molecule has 0 saturated carbocycles. The van der Waals surface area contributed by atoms with Gasteiger partial charge < -0.3 is 10.1 Å². The summed E-state index contributed by atoms with van der Waals surface area (Å²) < 4.78 is 19.4. The number of hydrogen-bond acceptors (Lipinski definition) is 2. The van der Waals surface area contributed by atoms with Crippen LogP contribution in [0.1, 0.15) is 37.9 Å². The lowest BCUT2D eigenvalue weighted by Crippen LogP contribution is -2.29. The van der Waals surface area contributed by atoms with E-state index in [1.54, 1.807) is 6.07 Å². The molecule has 2 nitrogen and oxygen atoms in total. The average molecular weight is 239 g/mol. The first-order chi connectivity index (χ1) is 7.83. The number of likely N-dealkylation sites (N-methyl/N-ethyl adjacent to an activating group) is 1. The molecule has 0 aliphatic heterocycles. The molecule has 1 aromatic carbocycles. The number of benzene rings is 1. The van der Waals surface area contributed by atoms with Crippen molar-refractivity contribution in [2.75, 3.05) is 13.7 Å². The summed E-state index contributed by atoms with van der Waals surface area (Å²) >= 11 is 0. The first-order valence-corrected chi connectivity index (χ1v) is 5.91. The zero-order chi connectivity index (χ0) is 13.1. The van der Waals surface area contributed by atoms with Crippen molar-refractivity contribution in [2.24, 2.45) is 0 Å². The first kappa shape index (κ1) is 14.1. The van der Waals surface area contributed by atoms with Crippen LogP contribution in [0.15, 0.2) is 18.2 Å². The zero-order valence-electron chi connectivity index (χ0n) is 11.3. The maximum absolute atomic E-state index is 13.7. The monoisotopic (exact) mass is 239 g/mol. The third kappa shape index (κ3) is 4.44. The Morgan fingerprint density at radius 3 is 2.53 bits per heavy atom. The predicted molar refractivity (Wildman–Crippen MR) is 68.6 cm³/mol. The van der Waals surface area contributed by atoms with E-state index in [9.17, 15) is 4.39 Å². The fourth-order valence-corrected chi connectivity index (χ4v) is 1.59. The van der Waals surface area contributed by atoms with Crippen LogP contribution in [-0.4, -0.2) is 19.3 Å². The second kappa shape index (κ2) is 5.61. The molecule has 1 atom stereocenters. The molecule has 0 amide bonds. The number of ether oxygens (including phenoxy) is 1. The molecule has 1 unspecified atom stereocenters. The maximum atomic E-state index is 13.7. The van der Waals surface area contributed by atoms with Gasteiger partial charge in [0.25, 0.3) is 0 Å². The molecule has 0 bridgehead atoms. The maximum Gasteiger partial charge on any atom is 0.128 e. The van der Waals surface area contributed by atoms with E-state index >= 15 is 0 Å². The van der Waals surface area contributed by atoms with Crippen LogP contribution in [0.2, 0.25) is 0 Å². The molecule has 0 aliphatic carbocycles. The Morgan fingerprint density at radius 2 is 2.00 bits per heavy atom. The van der Waals surface area contributed by atoms with Crippen LogP contribution in [0, 0.1) is 12.7 Å². The third-order valence-electron chi connectivity index (χ3n) is 2.56. The van der Waals surface area contributed by atoms with Gasteiger partial charge in [0.2, 0.25) is 0 Å². The number of hydrogen-bond donors (Lipinski definition) is 1. The highest BCUT2D eigenvalue weighted by atomic mass is 19.1. The quantitative estimate of drug-likeness (QED) is 0.871. The van der Waals surface area contributed by atoms with E-state index in [1.807, 2.05) is 40.8 Å². The summed E-state index contributed by atoms with van der Waals surface area (Å²) in [6, 6.07) is 5.03. The van der Waals surface area contributed by atoms with E-state index in [4.69, 9.17) is 4.74 Å². The second-order valence-electron chi connectivity index (χ2n) is 5.29. The summed E-state index contributed by atoms with van der Waals surface area (Å²) in [6.45, 7) is 8.39. The van der Waals surface area contributed by atoms with E-state index in [2.05, 4.69) is 5.32 Å². The van der Waals surface area contributed by atoms with Gasteiger partial charge >= 0.3 is 0 Å². The van der Waals surface area contributed by atoms with E-state index < -0.39 is 0 Å². The van der Waals surface area contributed by atoms with Crippen molar-refractivity contribution in [1.29, 1.82) is 0 Å². The Morgan fingerprint density at radius 1 is 1.35 bits per heavy atom. The molecule has 0 aliphatic rings. The molecule has 0 heterocycles. The Kier molecular flexibility index (Phi) is 4.66. The van der Waals surface area contributed by atoms with Gasteiger partial charge in [-0.15, -0.1) is 0 Å². The molecular formula is C14H22FNO. The van der Waals surface area contributed by atoms with E-state index in [1.165, 1.54) is 6.07 Å². The SMILES string of the molecule is CNC(COC(C)(C)C)c1cc(C)ccc1F. The highest BCUT2D eigenvalue weighted by Gasteiger charge is 2.18. The van der Waals surface area contributed by atoms with Crippen LogP contribution in [0.4, 0.5) is 4.39 Å². The second-order valence-corrected chi connectivity index (χ2v) is 5.29. The van der Waals surface area contributed by atoms with Crippen LogP contribution in [0.5, 0.6) is 0 Å². The Labute approximate surface area is 103 Å². The Bertz CT molecular complexity index is 371. The lowest BCUT2D eigenvalue weighted by Gasteiger charge is -2.25. The predicted octanol–water partition coefficient (Wildman–Crippen LogP) is 3.21. The van der Waals surface area contributed by atoms with Crippen LogP contribution >= 0.6 is 0 Å². The van der Waals surface area contributed by atoms with Gasteiger partial charge in [-0.2, -0.15) is 0 Å². The summed E-state index contributed by atoms with van der Waals surface area (Å²) in [4.78, 5) is 0. The van der Waals surface area contributed by atoms with Crippen molar-refractivity contribution in [3.05, 3.63) is 35.1 Å². The topological polar surface area (TPSA) is 21.3 Å². The van der Waals surface area contributed by atoms with Gasteiger partial charge in [-0.1, -0.05) is 17.7 Å². The molecule has 3 heteroatoms. The highest BCUT2D eigenvalue weighted by molar-refractivity contribution is 5.26. The summed E-state index contributed by atoms with van der Waals surface area (Å²) in [5.74, 6) is -0.188. The molecular weight excluding hydrogens is 217 g/mol. The van der Waals surface area contributed by atoms with Crippen LogP contribution in [0.3, 0.4) is 0 Å². The van der Waals surface area contributed by atoms with Gasteiger partial charge in [0, 0.05) is 5.56 Å². The van der Waals surface area contributed by atoms with Gasteiger partial charge in [-0.3, -0.25) is 0 Å². The van der Waals surface area contributed by atoms with E-state index in [0.29, 0.717) is 12.2 Å². The van der Waals surface area contributed by atoms with Gasteiger partial charge in [-0.05, 0) is 40.8 Å². The van der Waals surface area contributed by atoms with Crippen LogP contribution < -0.4 is 5.32 Å². The van der Waals surface area contributed by atoms with Crippen molar-refractivity contribution in [3.8, 4) is 0 Å². The lowest BCUT2D eigenvalue weighted by molar-refractivity contribution is -0.0143. The fourth-order valence-electron chi connectivity index (χ4n) is 1.59.